The number of rotatable bonds is 5. The molecule has 0 aromatic heterocycles. The third-order valence-electron chi connectivity index (χ3n) is 3.86. The number of methoxy groups -OCH3 is 1. The number of amidine groups is 1. The molecule has 1 aliphatic heterocycles. The summed E-state index contributed by atoms with van der Waals surface area (Å²) in [6.07, 6.45) is 1.08. The Balaban J connectivity index is 1.81. The van der Waals surface area contributed by atoms with Crippen LogP contribution in [0.25, 0.3) is 0 Å². The standard InChI is InChI=1S/C19H22N2O2/c1-14-8-9-17(22-2)15(12-14)13-23-18-7-4-3-6-16(18)19-20-10-5-11-21-19/h3-4,6-9,12H,5,10-11,13H2,1-2H3,(H,20,21). The Kier molecular flexibility index (Phi) is 4.81. The van der Waals surface area contributed by atoms with Crippen molar-refractivity contribution >= 4 is 5.84 Å². The van der Waals surface area contributed by atoms with Gasteiger partial charge in [0.15, 0.2) is 0 Å². The van der Waals surface area contributed by atoms with E-state index in [9.17, 15) is 0 Å². The van der Waals surface area contributed by atoms with Crippen LogP contribution in [0, 0.1) is 6.92 Å². The highest BCUT2D eigenvalue weighted by Crippen LogP contribution is 2.24. The predicted molar refractivity (Wildman–Crippen MR) is 92.5 cm³/mol. The largest absolute Gasteiger partial charge is 0.496 e. The maximum absolute atomic E-state index is 6.07. The zero-order chi connectivity index (χ0) is 16.1. The SMILES string of the molecule is COc1ccc(C)cc1COc1ccccc1C1=NCCCN1. The maximum atomic E-state index is 6.07. The first-order chi connectivity index (χ1) is 11.3. The minimum atomic E-state index is 0.467. The molecule has 0 saturated carbocycles. The fourth-order valence-corrected chi connectivity index (χ4v) is 2.68. The molecule has 1 heterocycles. The quantitative estimate of drug-likeness (QED) is 0.921. The molecule has 4 heteroatoms. The van der Waals surface area contributed by atoms with Gasteiger partial charge in [0, 0.05) is 18.7 Å². The summed E-state index contributed by atoms with van der Waals surface area (Å²) >= 11 is 0. The molecule has 23 heavy (non-hydrogen) atoms. The first-order valence-corrected chi connectivity index (χ1v) is 7.92. The Hall–Kier alpha value is -2.49. The average molecular weight is 310 g/mol. The minimum Gasteiger partial charge on any atom is -0.496 e. The zero-order valence-corrected chi connectivity index (χ0v) is 13.6. The summed E-state index contributed by atoms with van der Waals surface area (Å²) in [5, 5.41) is 3.35. The lowest BCUT2D eigenvalue weighted by atomic mass is 10.1. The van der Waals surface area contributed by atoms with Gasteiger partial charge in [-0.15, -0.1) is 0 Å². The Morgan fingerprint density at radius 3 is 2.78 bits per heavy atom. The number of ether oxygens (including phenoxy) is 2. The Morgan fingerprint density at radius 1 is 1.13 bits per heavy atom. The molecule has 120 valence electrons. The third-order valence-corrected chi connectivity index (χ3v) is 3.86. The van der Waals surface area contributed by atoms with Gasteiger partial charge in [0.05, 0.1) is 12.7 Å². The lowest BCUT2D eigenvalue weighted by Crippen LogP contribution is -2.30. The molecule has 1 aliphatic rings. The molecule has 1 N–H and O–H groups in total. The van der Waals surface area contributed by atoms with Crippen LogP contribution in [-0.2, 0) is 6.61 Å². The lowest BCUT2D eigenvalue weighted by molar-refractivity contribution is 0.296. The van der Waals surface area contributed by atoms with E-state index < -0.39 is 0 Å². The van der Waals surface area contributed by atoms with Crippen molar-refractivity contribution in [3.63, 3.8) is 0 Å². The van der Waals surface area contributed by atoms with Gasteiger partial charge in [0.25, 0.3) is 0 Å². The van der Waals surface area contributed by atoms with Crippen LogP contribution in [0.4, 0.5) is 0 Å². The van der Waals surface area contributed by atoms with E-state index in [1.54, 1.807) is 7.11 Å². The van der Waals surface area contributed by atoms with Crippen molar-refractivity contribution < 1.29 is 9.47 Å². The fraction of sp³-hybridized carbons (Fsp3) is 0.316. The molecule has 0 aliphatic carbocycles. The number of aryl methyl sites for hydroxylation is 1. The van der Waals surface area contributed by atoms with Crippen molar-refractivity contribution in [1.82, 2.24) is 5.32 Å². The second kappa shape index (κ2) is 7.18. The molecule has 0 amide bonds. The molecule has 0 atom stereocenters. The van der Waals surface area contributed by atoms with E-state index in [4.69, 9.17) is 9.47 Å². The van der Waals surface area contributed by atoms with Gasteiger partial charge in [-0.1, -0.05) is 23.8 Å². The highest BCUT2D eigenvalue weighted by Gasteiger charge is 2.13. The van der Waals surface area contributed by atoms with Crippen LogP contribution in [0.5, 0.6) is 11.5 Å². The molecular formula is C19H22N2O2. The van der Waals surface area contributed by atoms with Crippen LogP contribution in [-0.4, -0.2) is 26.0 Å². The van der Waals surface area contributed by atoms with Gasteiger partial charge in [-0.3, -0.25) is 4.99 Å². The number of hydrogen-bond donors (Lipinski definition) is 1. The van der Waals surface area contributed by atoms with Crippen molar-refractivity contribution in [2.45, 2.75) is 20.0 Å². The molecule has 0 spiro atoms. The number of nitrogens with zero attached hydrogens (tertiary/aromatic N) is 1. The molecule has 0 fully saturated rings. The van der Waals surface area contributed by atoms with Crippen LogP contribution in [0.1, 0.15) is 23.1 Å². The third kappa shape index (κ3) is 3.65. The molecule has 0 bridgehead atoms. The molecule has 0 unspecified atom stereocenters. The summed E-state index contributed by atoms with van der Waals surface area (Å²) in [5.74, 6) is 2.61. The van der Waals surface area contributed by atoms with E-state index in [0.717, 1.165) is 48.0 Å². The number of nitrogens with one attached hydrogen (secondary N) is 1. The van der Waals surface area contributed by atoms with Crippen molar-refractivity contribution in [2.24, 2.45) is 4.99 Å². The second-order valence-electron chi connectivity index (χ2n) is 5.61. The van der Waals surface area contributed by atoms with E-state index in [1.165, 1.54) is 5.56 Å². The van der Waals surface area contributed by atoms with Gasteiger partial charge in [0.2, 0.25) is 0 Å². The summed E-state index contributed by atoms with van der Waals surface area (Å²) < 4.78 is 11.5. The maximum Gasteiger partial charge on any atom is 0.132 e. The Bertz CT molecular complexity index is 710. The fourth-order valence-electron chi connectivity index (χ4n) is 2.68. The van der Waals surface area contributed by atoms with Gasteiger partial charge in [-0.25, -0.2) is 0 Å². The number of aliphatic imine (C=N–C) groups is 1. The van der Waals surface area contributed by atoms with E-state index >= 15 is 0 Å². The van der Waals surface area contributed by atoms with E-state index in [1.807, 2.05) is 36.4 Å². The predicted octanol–water partition coefficient (Wildman–Crippen LogP) is 3.32. The molecule has 0 saturated heterocycles. The van der Waals surface area contributed by atoms with Gasteiger partial charge in [-0.2, -0.15) is 0 Å². The first-order valence-electron chi connectivity index (χ1n) is 7.92. The molecule has 2 aromatic rings. The van der Waals surface area contributed by atoms with Crippen molar-refractivity contribution in [1.29, 1.82) is 0 Å². The molecule has 3 rings (SSSR count). The van der Waals surface area contributed by atoms with Crippen molar-refractivity contribution in [3.05, 3.63) is 59.2 Å². The number of para-hydroxylation sites is 1. The molecule has 4 nitrogen and oxygen atoms in total. The smallest absolute Gasteiger partial charge is 0.132 e. The topological polar surface area (TPSA) is 42.9 Å². The van der Waals surface area contributed by atoms with E-state index in [0.29, 0.717) is 6.61 Å². The molecule has 2 aromatic carbocycles. The average Bonchev–Trinajstić information content (AvgIpc) is 2.61. The normalized spacial score (nSPS) is 13.9. The van der Waals surface area contributed by atoms with E-state index in [2.05, 4.69) is 23.3 Å². The van der Waals surface area contributed by atoms with E-state index in [-0.39, 0.29) is 0 Å². The summed E-state index contributed by atoms with van der Waals surface area (Å²) in [5.41, 5.74) is 3.25. The molecule has 0 radical (unpaired) electrons. The van der Waals surface area contributed by atoms with Crippen LogP contribution >= 0.6 is 0 Å². The Morgan fingerprint density at radius 2 is 2.00 bits per heavy atom. The van der Waals surface area contributed by atoms with Crippen LogP contribution in [0.15, 0.2) is 47.5 Å². The van der Waals surface area contributed by atoms with Gasteiger partial charge >= 0.3 is 0 Å². The van der Waals surface area contributed by atoms with Gasteiger partial charge in [0.1, 0.15) is 23.9 Å². The van der Waals surface area contributed by atoms with Crippen LogP contribution in [0.2, 0.25) is 0 Å². The van der Waals surface area contributed by atoms with Gasteiger partial charge < -0.3 is 14.8 Å². The number of benzene rings is 2. The van der Waals surface area contributed by atoms with Crippen LogP contribution in [0.3, 0.4) is 0 Å². The summed E-state index contributed by atoms with van der Waals surface area (Å²) in [4.78, 5) is 4.56. The first kappa shape index (κ1) is 15.4. The highest BCUT2D eigenvalue weighted by atomic mass is 16.5. The lowest BCUT2D eigenvalue weighted by Gasteiger charge is -2.18. The number of hydrogen-bond acceptors (Lipinski definition) is 4. The highest BCUT2D eigenvalue weighted by molar-refractivity contribution is 6.01. The summed E-state index contributed by atoms with van der Waals surface area (Å²) in [7, 11) is 1.68. The summed E-state index contributed by atoms with van der Waals surface area (Å²) in [6, 6.07) is 14.1. The monoisotopic (exact) mass is 310 g/mol. The van der Waals surface area contributed by atoms with Crippen molar-refractivity contribution in [2.75, 3.05) is 20.2 Å². The van der Waals surface area contributed by atoms with Crippen LogP contribution < -0.4 is 14.8 Å². The molecular weight excluding hydrogens is 288 g/mol. The summed E-state index contributed by atoms with van der Waals surface area (Å²) in [6.45, 7) is 4.36. The Labute approximate surface area is 137 Å². The minimum absolute atomic E-state index is 0.467. The second-order valence-corrected chi connectivity index (χ2v) is 5.61. The van der Waals surface area contributed by atoms with Gasteiger partial charge in [-0.05, 0) is 37.6 Å². The zero-order valence-electron chi connectivity index (χ0n) is 13.6. The van der Waals surface area contributed by atoms with Crippen molar-refractivity contribution in [3.8, 4) is 11.5 Å².